The van der Waals surface area contributed by atoms with Gasteiger partial charge in [-0.15, -0.1) is 0 Å². The summed E-state index contributed by atoms with van der Waals surface area (Å²) in [7, 11) is -3.77. The Balaban J connectivity index is 1.73. The maximum absolute atomic E-state index is 12.8. The molecular formula is C16H16Cl2N2O4S. The Hall–Kier alpha value is -1.54. The van der Waals surface area contributed by atoms with Gasteiger partial charge in [0, 0.05) is 31.2 Å². The maximum Gasteiger partial charge on any atom is 0.289 e. The molecule has 0 bridgehead atoms. The van der Waals surface area contributed by atoms with Crippen molar-refractivity contribution in [3.63, 3.8) is 0 Å². The normalized spacial score (nSPS) is 16.2. The van der Waals surface area contributed by atoms with E-state index < -0.39 is 10.0 Å². The highest BCUT2D eigenvalue weighted by molar-refractivity contribution is 7.89. The van der Waals surface area contributed by atoms with Gasteiger partial charge in [0.05, 0.1) is 5.02 Å². The lowest BCUT2D eigenvalue weighted by molar-refractivity contribution is 0.0664. The van der Waals surface area contributed by atoms with Crippen molar-refractivity contribution in [2.75, 3.05) is 26.2 Å². The Morgan fingerprint density at radius 2 is 1.76 bits per heavy atom. The van der Waals surface area contributed by atoms with Crippen LogP contribution in [-0.2, 0) is 10.0 Å². The molecule has 0 N–H and O–H groups in total. The predicted octanol–water partition coefficient (Wildman–Crippen LogP) is 3.04. The van der Waals surface area contributed by atoms with E-state index in [1.54, 1.807) is 24.0 Å². The largest absolute Gasteiger partial charge is 0.456 e. The van der Waals surface area contributed by atoms with Gasteiger partial charge in [0.1, 0.15) is 10.7 Å². The quantitative estimate of drug-likeness (QED) is 0.790. The molecule has 1 fully saturated rings. The molecule has 0 aliphatic carbocycles. The lowest BCUT2D eigenvalue weighted by Gasteiger charge is -2.33. The molecule has 25 heavy (non-hydrogen) atoms. The Morgan fingerprint density at radius 3 is 2.36 bits per heavy atom. The number of carbonyl (C=O) groups is 1. The molecule has 1 amide bonds. The van der Waals surface area contributed by atoms with Crippen LogP contribution in [0.4, 0.5) is 0 Å². The van der Waals surface area contributed by atoms with Gasteiger partial charge in [-0.25, -0.2) is 8.42 Å². The summed E-state index contributed by atoms with van der Waals surface area (Å²) >= 11 is 11.9. The number of furan rings is 1. The van der Waals surface area contributed by atoms with Crippen LogP contribution in [-0.4, -0.2) is 49.7 Å². The highest BCUT2D eigenvalue weighted by Gasteiger charge is 2.32. The van der Waals surface area contributed by atoms with Crippen LogP contribution in [0.25, 0.3) is 0 Å². The molecule has 1 aromatic carbocycles. The molecule has 1 aliphatic heterocycles. The fraction of sp³-hybridized carbons (Fsp3) is 0.312. The number of sulfonamides is 1. The third-order valence-corrected chi connectivity index (χ3v) is 6.60. The van der Waals surface area contributed by atoms with E-state index in [0.29, 0.717) is 10.8 Å². The average molecular weight is 403 g/mol. The summed E-state index contributed by atoms with van der Waals surface area (Å²) in [6, 6.07) is 7.66. The number of aryl methyl sites for hydroxylation is 1. The summed E-state index contributed by atoms with van der Waals surface area (Å²) in [5.41, 5.74) is 0. The number of halogens is 2. The zero-order valence-corrected chi connectivity index (χ0v) is 15.7. The van der Waals surface area contributed by atoms with Crippen LogP contribution in [0.1, 0.15) is 16.3 Å². The van der Waals surface area contributed by atoms with Crippen molar-refractivity contribution in [2.45, 2.75) is 11.8 Å². The van der Waals surface area contributed by atoms with Gasteiger partial charge >= 0.3 is 0 Å². The minimum atomic E-state index is -3.77. The number of piperazine rings is 1. The molecule has 9 heteroatoms. The number of hydrogen-bond acceptors (Lipinski definition) is 4. The molecule has 3 rings (SSSR count). The van der Waals surface area contributed by atoms with Gasteiger partial charge in [-0.3, -0.25) is 4.79 Å². The first-order valence-corrected chi connectivity index (χ1v) is 9.79. The first kappa shape index (κ1) is 18.3. The van der Waals surface area contributed by atoms with Crippen LogP contribution in [0.15, 0.2) is 39.6 Å². The molecule has 1 aliphatic rings. The van der Waals surface area contributed by atoms with Gasteiger partial charge in [0.25, 0.3) is 5.91 Å². The van der Waals surface area contributed by atoms with Crippen molar-refractivity contribution < 1.29 is 17.6 Å². The second kappa shape index (κ2) is 6.99. The molecule has 1 aromatic heterocycles. The number of benzene rings is 1. The van der Waals surface area contributed by atoms with E-state index in [1.165, 1.54) is 22.5 Å². The fourth-order valence-electron chi connectivity index (χ4n) is 2.65. The Morgan fingerprint density at radius 1 is 1.08 bits per heavy atom. The van der Waals surface area contributed by atoms with E-state index in [-0.39, 0.29) is 47.8 Å². The molecule has 0 atom stereocenters. The fourth-order valence-corrected chi connectivity index (χ4v) is 4.81. The zero-order chi connectivity index (χ0) is 18.2. The van der Waals surface area contributed by atoms with Crippen molar-refractivity contribution in [1.29, 1.82) is 0 Å². The third kappa shape index (κ3) is 3.69. The van der Waals surface area contributed by atoms with Crippen LogP contribution in [0.3, 0.4) is 0 Å². The second-order valence-electron chi connectivity index (χ2n) is 5.68. The molecule has 6 nitrogen and oxygen atoms in total. The Kier molecular flexibility index (Phi) is 5.11. The maximum atomic E-state index is 12.8. The second-order valence-corrected chi connectivity index (χ2v) is 8.43. The van der Waals surface area contributed by atoms with Gasteiger partial charge in [-0.1, -0.05) is 23.2 Å². The van der Waals surface area contributed by atoms with Crippen molar-refractivity contribution >= 4 is 39.1 Å². The molecule has 0 saturated carbocycles. The molecule has 0 radical (unpaired) electrons. The van der Waals surface area contributed by atoms with E-state index in [1.807, 2.05) is 0 Å². The molecule has 0 unspecified atom stereocenters. The van der Waals surface area contributed by atoms with Crippen LogP contribution >= 0.6 is 23.2 Å². The minimum absolute atomic E-state index is 0.0249. The van der Waals surface area contributed by atoms with Crippen molar-refractivity contribution in [3.05, 3.63) is 51.9 Å². The minimum Gasteiger partial charge on any atom is -0.456 e. The first-order valence-electron chi connectivity index (χ1n) is 7.60. The Bertz CT molecular complexity index is 903. The number of hydrogen-bond donors (Lipinski definition) is 0. The van der Waals surface area contributed by atoms with Crippen molar-refractivity contribution in [2.24, 2.45) is 0 Å². The van der Waals surface area contributed by atoms with Gasteiger partial charge in [-0.05, 0) is 37.3 Å². The summed E-state index contributed by atoms with van der Waals surface area (Å²) in [6.45, 7) is 2.66. The van der Waals surface area contributed by atoms with E-state index in [2.05, 4.69) is 0 Å². The monoisotopic (exact) mass is 402 g/mol. The highest BCUT2D eigenvalue weighted by Crippen LogP contribution is 2.28. The Labute approximate surface area is 156 Å². The smallest absolute Gasteiger partial charge is 0.289 e. The number of amides is 1. The summed E-state index contributed by atoms with van der Waals surface area (Å²) in [5.74, 6) is 0.665. The topological polar surface area (TPSA) is 70.8 Å². The van der Waals surface area contributed by atoms with Crippen LogP contribution in [0.2, 0.25) is 10.0 Å². The number of rotatable bonds is 3. The lowest BCUT2D eigenvalue weighted by atomic mass is 10.3. The molecule has 1 saturated heterocycles. The van der Waals surface area contributed by atoms with E-state index in [4.69, 9.17) is 27.6 Å². The van der Waals surface area contributed by atoms with Crippen LogP contribution in [0, 0.1) is 6.92 Å². The number of nitrogens with zero attached hydrogens (tertiary/aromatic N) is 2. The molecular weight excluding hydrogens is 387 g/mol. The molecule has 134 valence electrons. The molecule has 0 spiro atoms. The zero-order valence-electron chi connectivity index (χ0n) is 13.4. The van der Waals surface area contributed by atoms with E-state index in [9.17, 15) is 13.2 Å². The summed E-state index contributed by atoms with van der Waals surface area (Å²) in [6.07, 6.45) is 0. The predicted molar refractivity (Wildman–Crippen MR) is 94.6 cm³/mol. The average Bonchev–Trinajstić information content (AvgIpc) is 3.03. The van der Waals surface area contributed by atoms with E-state index in [0.717, 1.165) is 0 Å². The van der Waals surface area contributed by atoms with Crippen LogP contribution in [0.5, 0.6) is 0 Å². The van der Waals surface area contributed by atoms with Crippen LogP contribution < -0.4 is 0 Å². The van der Waals surface area contributed by atoms with Crippen molar-refractivity contribution in [1.82, 2.24) is 9.21 Å². The standard InChI is InChI=1S/C16H16Cl2N2O4S/c1-11-2-5-14(24-11)16(21)19-6-8-20(9-7-19)25(22,23)15-10-12(17)3-4-13(15)18/h2-5,10H,6-9H2,1H3. The summed E-state index contributed by atoms with van der Waals surface area (Å²) in [4.78, 5) is 13.9. The first-order chi connectivity index (χ1) is 11.8. The highest BCUT2D eigenvalue weighted by atomic mass is 35.5. The van der Waals surface area contributed by atoms with E-state index >= 15 is 0 Å². The van der Waals surface area contributed by atoms with Crippen molar-refractivity contribution in [3.8, 4) is 0 Å². The van der Waals surface area contributed by atoms with Gasteiger partial charge in [0.2, 0.25) is 10.0 Å². The molecule has 2 heterocycles. The summed E-state index contributed by atoms with van der Waals surface area (Å²) < 4.78 is 32.2. The lowest BCUT2D eigenvalue weighted by Crippen LogP contribution is -2.50. The molecule has 2 aromatic rings. The van der Waals surface area contributed by atoms with Gasteiger partial charge in [-0.2, -0.15) is 4.31 Å². The third-order valence-electron chi connectivity index (χ3n) is 3.99. The SMILES string of the molecule is Cc1ccc(C(=O)N2CCN(S(=O)(=O)c3cc(Cl)ccc3Cl)CC2)o1. The number of carbonyl (C=O) groups excluding carboxylic acids is 1. The summed E-state index contributed by atoms with van der Waals surface area (Å²) in [5, 5.41) is 0.416. The van der Waals surface area contributed by atoms with Gasteiger partial charge < -0.3 is 9.32 Å². The van der Waals surface area contributed by atoms with Gasteiger partial charge in [0.15, 0.2) is 5.76 Å².